The number of nitrogens with two attached hydrogens (primary N) is 1. The SMILES string of the molecule is CCC1CCCCC1Oc1cc([C@H](C)N)ccn1. The summed E-state index contributed by atoms with van der Waals surface area (Å²) in [6.07, 6.45) is 8.37. The van der Waals surface area contributed by atoms with Crippen LogP contribution in [0.15, 0.2) is 18.3 Å². The topological polar surface area (TPSA) is 48.1 Å². The van der Waals surface area contributed by atoms with Crippen molar-refractivity contribution in [3.05, 3.63) is 23.9 Å². The zero-order chi connectivity index (χ0) is 13.0. The van der Waals surface area contributed by atoms with E-state index in [0.29, 0.717) is 12.0 Å². The summed E-state index contributed by atoms with van der Waals surface area (Å²) >= 11 is 0. The molecule has 3 nitrogen and oxygen atoms in total. The predicted octanol–water partition coefficient (Wildman–Crippen LogP) is 3.45. The van der Waals surface area contributed by atoms with Gasteiger partial charge in [-0.2, -0.15) is 0 Å². The third-order valence-electron chi connectivity index (χ3n) is 3.92. The molecule has 3 heteroatoms. The summed E-state index contributed by atoms with van der Waals surface area (Å²) in [5, 5.41) is 0. The predicted molar refractivity (Wildman–Crippen MR) is 73.5 cm³/mol. The highest BCUT2D eigenvalue weighted by Crippen LogP contribution is 2.30. The number of hydrogen-bond donors (Lipinski definition) is 1. The Morgan fingerprint density at radius 1 is 1.44 bits per heavy atom. The van der Waals surface area contributed by atoms with Crippen molar-refractivity contribution < 1.29 is 4.74 Å². The van der Waals surface area contributed by atoms with Crippen LogP contribution < -0.4 is 10.5 Å². The molecule has 1 aromatic rings. The van der Waals surface area contributed by atoms with Crippen LogP contribution in [0.3, 0.4) is 0 Å². The maximum Gasteiger partial charge on any atom is 0.213 e. The second-order valence-corrected chi connectivity index (χ2v) is 5.33. The Morgan fingerprint density at radius 2 is 2.22 bits per heavy atom. The summed E-state index contributed by atoms with van der Waals surface area (Å²) < 4.78 is 6.08. The smallest absolute Gasteiger partial charge is 0.213 e. The highest BCUT2D eigenvalue weighted by molar-refractivity contribution is 5.23. The number of nitrogens with zero attached hydrogens (tertiary/aromatic N) is 1. The lowest BCUT2D eigenvalue weighted by Gasteiger charge is -2.30. The van der Waals surface area contributed by atoms with Crippen LogP contribution in [0.4, 0.5) is 0 Å². The van der Waals surface area contributed by atoms with Crippen LogP contribution in [0.5, 0.6) is 5.88 Å². The number of hydrogen-bond acceptors (Lipinski definition) is 3. The molecular weight excluding hydrogens is 224 g/mol. The summed E-state index contributed by atoms with van der Waals surface area (Å²) in [5.74, 6) is 1.41. The van der Waals surface area contributed by atoms with Crippen molar-refractivity contribution in [3.8, 4) is 5.88 Å². The van der Waals surface area contributed by atoms with E-state index in [2.05, 4.69) is 11.9 Å². The van der Waals surface area contributed by atoms with Crippen molar-refractivity contribution >= 4 is 0 Å². The van der Waals surface area contributed by atoms with Gasteiger partial charge in [0.25, 0.3) is 0 Å². The number of pyridine rings is 1. The molecule has 2 N–H and O–H groups in total. The summed E-state index contributed by atoms with van der Waals surface area (Å²) in [4.78, 5) is 4.31. The van der Waals surface area contributed by atoms with E-state index in [4.69, 9.17) is 10.5 Å². The number of rotatable bonds is 4. The fourth-order valence-electron chi connectivity index (χ4n) is 2.72. The minimum Gasteiger partial charge on any atom is -0.474 e. The lowest BCUT2D eigenvalue weighted by molar-refractivity contribution is 0.0857. The maximum atomic E-state index is 6.08. The lowest BCUT2D eigenvalue weighted by Crippen LogP contribution is -2.30. The van der Waals surface area contributed by atoms with Crippen LogP contribution >= 0.6 is 0 Å². The maximum absolute atomic E-state index is 6.08. The Bertz CT molecular complexity index is 379. The standard InChI is InChI=1S/C15H24N2O/c1-3-12-6-4-5-7-14(12)18-15-10-13(11(2)16)8-9-17-15/h8-12,14H,3-7,16H2,1-2H3/t11-,12?,14?/m0/s1. The van der Waals surface area contributed by atoms with E-state index in [1.54, 1.807) is 6.20 Å². The molecule has 0 spiro atoms. The second-order valence-electron chi connectivity index (χ2n) is 5.33. The van der Waals surface area contributed by atoms with Crippen LogP contribution in [0.25, 0.3) is 0 Å². The molecule has 0 aliphatic heterocycles. The van der Waals surface area contributed by atoms with Crippen LogP contribution in [0.1, 0.15) is 57.6 Å². The molecule has 2 rings (SSSR count). The van der Waals surface area contributed by atoms with Crippen LogP contribution in [-0.2, 0) is 0 Å². The zero-order valence-corrected chi connectivity index (χ0v) is 11.4. The van der Waals surface area contributed by atoms with Crippen LogP contribution in [0.2, 0.25) is 0 Å². The minimum atomic E-state index is 0.0312. The summed E-state index contributed by atoms with van der Waals surface area (Å²) in [7, 11) is 0. The van der Waals surface area contributed by atoms with Crippen molar-refractivity contribution in [3.63, 3.8) is 0 Å². The summed E-state index contributed by atoms with van der Waals surface area (Å²) in [6.45, 7) is 4.23. The second kappa shape index (κ2) is 6.19. The molecule has 0 saturated heterocycles. The van der Waals surface area contributed by atoms with Crippen molar-refractivity contribution in [1.82, 2.24) is 4.98 Å². The molecule has 1 fully saturated rings. The molecule has 2 unspecified atom stereocenters. The van der Waals surface area contributed by atoms with Gasteiger partial charge >= 0.3 is 0 Å². The molecule has 3 atom stereocenters. The van der Waals surface area contributed by atoms with E-state index >= 15 is 0 Å². The van der Waals surface area contributed by atoms with E-state index in [0.717, 1.165) is 17.9 Å². The van der Waals surface area contributed by atoms with Gasteiger partial charge in [-0.15, -0.1) is 0 Å². The largest absolute Gasteiger partial charge is 0.474 e. The molecule has 1 saturated carbocycles. The van der Waals surface area contributed by atoms with Gasteiger partial charge in [-0.25, -0.2) is 4.98 Å². The van der Waals surface area contributed by atoms with Crippen molar-refractivity contribution in [2.24, 2.45) is 11.7 Å². The van der Waals surface area contributed by atoms with Crippen molar-refractivity contribution in [1.29, 1.82) is 0 Å². The Morgan fingerprint density at radius 3 is 2.94 bits per heavy atom. The van der Waals surface area contributed by atoms with Gasteiger partial charge < -0.3 is 10.5 Å². The molecule has 0 aromatic carbocycles. The normalized spacial score (nSPS) is 25.7. The van der Waals surface area contributed by atoms with E-state index in [1.165, 1.54) is 25.7 Å². The van der Waals surface area contributed by atoms with Gasteiger partial charge in [0.1, 0.15) is 6.10 Å². The monoisotopic (exact) mass is 248 g/mol. The van der Waals surface area contributed by atoms with Crippen molar-refractivity contribution in [2.45, 2.75) is 58.1 Å². The van der Waals surface area contributed by atoms with Crippen molar-refractivity contribution in [2.75, 3.05) is 0 Å². The molecule has 0 radical (unpaired) electrons. The minimum absolute atomic E-state index is 0.0312. The number of ether oxygens (including phenoxy) is 1. The summed E-state index contributed by atoms with van der Waals surface area (Å²) in [5.41, 5.74) is 6.97. The lowest BCUT2D eigenvalue weighted by atomic mass is 9.85. The first-order valence-electron chi connectivity index (χ1n) is 7.09. The molecule has 1 aromatic heterocycles. The van der Waals surface area contributed by atoms with E-state index < -0.39 is 0 Å². The first kappa shape index (κ1) is 13.3. The molecule has 18 heavy (non-hydrogen) atoms. The van der Waals surface area contributed by atoms with E-state index in [1.807, 2.05) is 19.1 Å². The van der Waals surface area contributed by atoms with Gasteiger partial charge in [-0.05, 0) is 50.2 Å². The molecular formula is C15H24N2O. The average molecular weight is 248 g/mol. The highest BCUT2D eigenvalue weighted by Gasteiger charge is 2.25. The van der Waals surface area contributed by atoms with Crippen LogP contribution in [-0.4, -0.2) is 11.1 Å². The van der Waals surface area contributed by atoms with Gasteiger partial charge in [-0.1, -0.05) is 13.3 Å². The molecule has 100 valence electrons. The molecule has 1 aliphatic carbocycles. The Hall–Kier alpha value is -1.09. The average Bonchev–Trinajstić information content (AvgIpc) is 2.39. The van der Waals surface area contributed by atoms with Gasteiger partial charge in [0, 0.05) is 18.3 Å². The molecule has 0 bridgehead atoms. The van der Waals surface area contributed by atoms with E-state index in [9.17, 15) is 0 Å². The fraction of sp³-hybridized carbons (Fsp3) is 0.667. The zero-order valence-electron chi connectivity index (χ0n) is 11.4. The third-order valence-corrected chi connectivity index (χ3v) is 3.92. The number of aromatic nitrogens is 1. The first-order chi connectivity index (χ1) is 8.70. The Balaban J connectivity index is 2.05. The first-order valence-corrected chi connectivity index (χ1v) is 7.09. The Kier molecular flexibility index (Phi) is 4.59. The quantitative estimate of drug-likeness (QED) is 0.887. The molecule has 1 heterocycles. The molecule has 1 aliphatic rings. The van der Waals surface area contributed by atoms with Gasteiger partial charge in [0.05, 0.1) is 0 Å². The Labute approximate surface area is 110 Å². The third kappa shape index (κ3) is 3.22. The van der Waals surface area contributed by atoms with E-state index in [-0.39, 0.29) is 6.04 Å². The highest BCUT2D eigenvalue weighted by atomic mass is 16.5. The summed E-state index contributed by atoms with van der Waals surface area (Å²) in [6, 6.07) is 3.96. The molecule has 0 amide bonds. The van der Waals surface area contributed by atoms with Crippen LogP contribution in [0, 0.1) is 5.92 Å². The van der Waals surface area contributed by atoms with Gasteiger partial charge in [0.2, 0.25) is 5.88 Å². The van der Waals surface area contributed by atoms with Gasteiger partial charge in [0.15, 0.2) is 0 Å². The fourth-order valence-corrected chi connectivity index (χ4v) is 2.72. The van der Waals surface area contributed by atoms with Gasteiger partial charge in [-0.3, -0.25) is 0 Å².